The van der Waals surface area contributed by atoms with Crippen molar-refractivity contribution >= 4 is 0 Å². The lowest BCUT2D eigenvalue weighted by Crippen LogP contribution is -2.35. The zero-order chi connectivity index (χ0) is 11.7. The van der Waals surface area contributed by atoms with Gasteiger partial charge in [-0.05, 0) is 37.3 Å². The highest BCUT2D eigenvalue weighted by atomic mass is 15.2. The molecule has 0 spiro atoms. The molecule has 2 heterocycles. The molecule has 0 radical (unpaired) electrons. The van der Waals surface area contributed by atoms with Gasteiger partial charge >= 0.3 is 0 Å². The molecule has 1 aliphatic carbocycles. The molecule has 0 aromatic carbocycles. The van der Waals surface area contributed by atoms with E-state index in [1.807, 2.05) is 6.20 Å². The summed E-state index contributed by atoms with van der Waals surface area (Å²) in [6, 6.07) is 3.20. The monoisotopic (exact) mass is 230 g/mol. The smallest absolute Gasteiger partial charge is 0.0448 e. The number of hydrogen-bond acceptors (Lipinski definition) is 2. The first-order valence-corrected chi connectivity index (χ1v) is 7.01. The van der Waals surface area contributed by atoms with Crippen molar-refractivity contribution in [1.82, 2.24) is 9.88 Å². The minimum Gasteiger partial charge on any atom is -0.300 e. The second kappa shape index (κ2) is 4.77. The first-order chi connectivity index (χ1) is 8.33. The van der Waals surface area contributed by atoms with E-state index >= 15 is 0 Å². The van der Waals surface area contributed by atoms with Gasteiger partial charge in [0.15, 0.2) is 0 Å². The molecular formula is C15H22N2. The predicted octanol–water partition coefficient (Wildman–Crippen LogP) is 2.73. The van der Waals surface area contributed by atoms with E-state index in [-0.39, 0.29) is 0 Å². The molecule has 1 aromatic rings. The molecule has 2 heteroatoms. The first-order valence-electron chi connectivity index (χ1n) is 7.01. The molecule has 1 aliphatic heterocycles. The van der Waals surface area contributed by atoms with E-state index in [1.54, 1.807) is 0 Å². The Hall–Kier alpha value is -0.890. The van der Waals surface area contributed by atoms with Gasteiger partial charge in [-0.15, -0.1) is 0 Å². The molecule has 0 unspecified atom stereocenters. The second-order valence-corrected chi connectivity index (χ2v) is 5.59. The van der Waals surface area contributed by atoms with Gasteiger partial charge in [0.25, 0.3) is 0 Å². The lowest BCUT2D eigenvalue weighted by atomic mass is 10.1. The Labute approximate surface area is 104 Å². The van der Waals surface area contributed by atoms with Crippen molar-refractivity contribution in [2.75, 3.05) is 13.1 Å². The molecule has 0 saturated heterocycles. The quantitative estimate of drug-likeness (QED) is 0.737. The molecular weight excluding hydrogens is 208 g/mol. The van der Waals surface area contributed by atoms with Gasteiger partial charge in [-0.25, -0.2) is 0 Å². The molecule has 17 heavy (non-hydrogen) atoms. The van der Waals surface area contributed by atoms with Gasteiger partial charge in [0, 0.05) is 37.4 Å². The van der Waals surface area contributed by atoms with Crippen molar-refractivity contribution in [1.29, 1.82) is 0 Å². The molecule has 2 nitrogen and oxygen atoms in total. The number of nitrogens with zero attached hydrogens (tertiary/aromatic N) is 2. The molecule has 92 valence electrons. The molecule has 3 rings (SSSR count). The predicted molar refractivity (Wildman–Crippen MR) is 70.2 cm³/mol. The van der Waals surface area contributed by atoms with Crippen LogP contribution < -0.4 is 0 Å². The molecule has 1 aromatic heterocycles. The molecule has 0 amide bonds. The van der Waals surface area contributed by atoms with Gasteiger partial charge in [0.1, 0.15) is 0 Å². The van der Waals surface area contributed by atoms with Crippen LogP contribution in [-0.4, -0.2) is 29.0 Å². The van der Waals surface area contributed by atoms with Crippen LogP contribution >= 0.6 is 0 Å². The fraction of sp³-hybridized carbons (Fsp3) is 0.667. The highest BCUT2D eigenvalue weighted by Gasteiger charge is 2.24. The number of hydrogen-bond donors (Lipinski definition) is 0. The molecule has 0 bridgehead atoms. The van der Waals surface area contributed by atoms with Crippen molar-refractivity contribution in [2.45, 2.75) is 51.5 Å². The summed E-state index contributed by atoms with van der Waals surface area (Å²) in [7, 11) is 0. The highest BCUT2D eigenvalue weighted by Crippen LogP contribution is 2.25. The summed E-state index contributed by atoms with van der Waals surface area (Å²) in [5.74, 6) is 0. The summed E-state index contributed by atoms with van der Waals surface area (Å²) in [6.07, 6.45) is 10.1. The fourth-order valence-corrected chi connectivity index (χ4v) is 3.36. The largest absolute Gasteiger partial charge is 0.300 e. The number of rotatable bonds is 1. The summed E-state index contributed by atoms with van der Waals surface area (Å²) in [6.45, 7) is 4.60. The Morgan fingerprint density at radius 2 is 1.94 bits per heavy atom. The van der Waals surface area contributed by atoms with Gasteiger partial charge in [0.05, 0.1) is 0 Å². The summed E-state index contributed by atoms with van der Waals surface area (Å²) in [5.41, 5.74) is 4.14. The third-order valence-electron chi connectivity index (χ3n) is 4.34. The molecule has 0 atom stereocenters. The fourth-order valence-electron chi connectivity index (χ4n) is 3.36. The topological polar surface area (TPSA) is 16.1 Å². The van der Waals surface area contributed by atoms with Crippen LogP contribution in [0.2, 0.25) is 0 Å². The third kappa shape index (κ3) is 2.37. The van der Waals surface area contributed by atoms with Crippen LogP contribution in [0.5, 0.6) is 0 Å². The standard InChI is InChI=1S/C15H22N2/c1-12-10-13-6-8-17(14-4-2-3-5-14)9-7-15(13)16-11-12/h10-11,14H,2-9H2,1H3. The van der Waals surface area contributed by atoms with Crippen LogP contribution in [0.3, 0.4) is 0 Å². The van der Waals surface area contributed by atoms with Crippen LogP contribution in [0.15, 0.2) is 12.3 Å². The number of aromatic nitrogens is 1. The van der Waals surface area contributed by atoms with Crippen LogP contribution in [0, 0.1) is 6.92 Å². The highest BCUT2D eigenvalue weighted by molar-refractivity contribution is 5.26. The molecule has 0 N–H and O–H groups in total. The van der Waals surface area contributed by atoms with E-state index in [0.717, 1.165) is 12.5 Å². The van der Waals surface area contributed by atoms with Gasteiger partial charge in [0.2, 0.25) is 0 Å². The maximum absolute atomic E-state index is 4.61. The Kier molecular flexibility index (Phi) is 3.15. The zero-order valence-electron chi connectivity index (χ0n) is 10.8. The summed E-state index contributed by atoms with van der Waals surface area (Å²) < 4.78 is 0. The lowest BCUT2D eigenvalue weighted by molar-refractivity contribution is 0.208. The normalized spacial score (nSPS) is 22.4. The average molecular weight is 230 g/mol. The maximum atomic E-state index is 4.61. The molecule has 1 saturated carbocycles. The van der Waals surface area contributed by atoms with Crippen molar-refractivity contribution in [3.8, 4) is 0 Å². The van der Waals surface area contributed by atoms with Crippen LogP contribution in [0.4, 0.5) is 0 Å². The maximum Gasteiger partial charge on any atom is 0.0448 e. The lowest BCUT2D eigenvalue weighted by Gasteiger charge is -2.26. The van der Waals surface area contributed by atoms with E-state index in [9.17, 15) is 0 Å². The SMILES string of the molecule is Cc1cnc2c(c1)CCN(C1CCCC1)CC2. The Morgan fingerprint density at radius 1 is 1.18 bits per heavy atom. The first kappa shape index (κ1) is 11.2. The van der Waals surface area contributed by atoms with E-state index in [4.69, 9.17) is 0 Å². The Morgan fingerprint density at radius 3 is 2.76 bits per heavy atom. The van der Waals surface area contributed by atoms with E-state index in [1.165, 1.54) is 62.0 Å². The van der Waals surface area contributed by atoms with Crippen LogP contribution in [-0.2, 0) is 12.8 Å². The van der Waals surface area contributed by atoms with Crippen LogP contribution in [0.1, 0.15) is 42.5 Å². The Balaban J connectivity index is 1.74. The number of fused-ring (bicyclic) bond motifs is 1. The summed E-state index contributed by atoms with van der Waals surface area (Å²) in [4.78, 5) is 7.33. The van der Waals surface area contributed by atoms with Gasteiger partial charge in [-0.1, -0.05) is 18.9 Å². The zero-order valence-corrected chi connectivity index (χ0v) is 10.8. The number of pyridine rings is 1. The minimum atomic E-state index is 0.866. The van der Waals surface area contributed by atoms with E-state index in [2.05, 4.69) is 22.9 Å². The molecule has 1 fully saturated rings. The van der Waals surface area contributed by atoms with Crippen LogP contribution in [0.25, 0.3) is 0 Å². The van der Waals surface area contributed by atoms with E-state index in [0.29, 0.717) is 0 Å². The average Bonchev–Trinajstić information content (AvgIpc) is 2.77. The van der Waals surface area contributed by atoms with Crippen molar-refractivity contribution in [3.05, 3.63) is 29.1 Å². The summed E-state index contributed by atoms with van der Waals surface area (Å²) >= 11 is 0. The van der Waals surface area contributed by atoms with Crippen molar-refractivity contribution < 1.29 is 0 Å². The second-order valence-electron chi connectivity index (χ2n) is 5.59. The summed E-state index contributed by atoms with van der Waals surface area (Å²) in [5, 5.41) is 0. The number of aryl methyl sites for hydroxylation is 1. The Bertz CT molecular complexity index is 394. The van der Waals surface area contributed by atoms with Crippen molar-refractivity contribution in [3.63, 3.8) is 0 Å². The van der Waals surface area contributed by atoms with Crippen molar-refractivity contribution in [2.24, 2.45) is 0 Å². The minimum absolute atomic E-state index is 0.866. The van der Waals surface area contributed by atoms with E-state index < -0.39 is 0 Å². The van der Waals surface area contributed by atoms with Gasteiger partial charge < -0.3 is 0 Å². The van der Waals surface area contributed by atoms with Gasteiger partial charge in [-0.2, -0.15) is 0 Å². The van der Waals surface area contributed by atoms with Gasteiger partial charge in [-0.3, -0.25) is 9.88 Å². The third-order valence-corrected chi connectivity index (χ3v) is 4.34. The molecule has 2 aliphatic rings.